The lowest BCUT2D eigenvalue weighted by atomic mass is 10.3. The number of hydrogen-bond donors (Lipinski definition) is 2. The van der Waals surface area contributed by atoms with Gasteiger partial charge in [-0.3, -0.25) is 10.1 Å². The molecule has 0 aliphatic heterocycles. The number of nitro groups is 1. The molecule has 0 unspecified atom stereocenters. The van der Waals surface area contributed by atoms with Gasteiger partial charge in [0.1, 0.15) is 12.1 Å². The number of rotatable bonds is 8. The maximum absolute atomic E-state index is 11.4. The highest BCUT2D eigenvalue weighted by Crippen LogP contribution is 2.31. The molecule has 8 nitrogen and oxygen atoms in total. The Hall–Kier alpha value is -2.90. The summed E-state index contributed by atoms with van der Waals surface area (Å²) in [6.45, 7) is 5.05. The van der Waals surface area contributed by atoms with E-state index >= 15 is 0 Å². The predicted octanol–water partition coefficient (Wildman–Crippen LogP) is 3.35. The minimum Gasteiger partial charge on any atom is -0.494 e. The predicted molar refractivity (Wildman–Crippen MR) is 88.4 cm³/mol. The van der Waals surface area contributed by atoms with Crippen LogP contribution >= 0.6 is 0 Å². The molecule has 0 amide bonds. The van der Waals surface area contributed by atoms with Crippen LogP contribution in [-0.4, -0.2) is 28.0 Å². The van der Waals surface area contributed by atoms with Crippen molar-refractivity contribution in [3.63, 3.8) is 0 Å². The zero-order chi connectivity index (χ0) is 16.7. The zero-order valence-electron chi connectivity index (χ0n) is 13.1. The van der Waals surface area contributed by atoms with Crippen LogP contribution in [-0.2, 0) is 0 Å². The standard InChI is InChI=1S/C15H19N5O3/c1-3-9-16-14-13(20(21)22)15(18-10-17-14)19-11-5-7-12(8-6-11)23-4-2/h5-8,10H,3-4,9H2,1-2H3,(H2,16,17,18,19). The molecule has 0 aliphatic carbocycles. The van der Waals surface area contributed by atoms with E-state index in [9.17, 15) is 10.1 Å². The largest absolute Gasteiger partial charge is 0.494 e. The quantitative estimate of drug-likeness (QED) is 0.568. The van der Waals surface area contributed by atoms with Crippen LogP contribution in [0.5, 0.6) is 5.75 Å². The molecule has 2 aromatic rings. The monoisotopic (exact) mass is 317 g/mol. The van der Waals surface area contributed by atoms with E-state index < -0.39 is 4.92 Å². The Kier molecular flexibility index (Phi) is 5.67. The van der Waals surface area contributed by atoms with Crippen molar-refractivity contribution in [3.05, 3.63) is 40.7 Å². The summed E-state index contributed by atoms with van der Waals surface area (Å²) in [6, 6.07) is 7.12. The van der Waals surface area contributed by atoms with Gasteiger partial charge in [-0.2, -0.15) is 0 Å². The highest BCUT2D eigenvalue weighted by atomic mass is 16.6. The molecule has 2 N–H and O–H groups in total. The molecule has 8 heteroatoms. The molecule has 23 heavy (non-hydrogen) atoms. The van der Waals surface area contributed by atoms with E-state index in [1.54, 1.807) is 24.3 Å². The maximum Gasteiger partial charge on any atom is 0.353 e. The lowest BCUT2D eigenvalue weighted by molar-refractivity contribution is -0.383. The van der Waals surface area contributed by atoms with Gasteiger partial charge in [0, 0.05) is 12.2 Å². The summed E-state index contributed by atoms with van der Waals surface area (Å²) >= 11 is 0. The van der Waals surface area contributed by atoms with Gasteiger partial charge in [0.25, 0.3) is 0 Å². The summed E-state index contributed by atoms with van der Waals surface area (Å²) in [5.74, 6) is 1.09. The average Bonchev–Trinajstić information content (AvgIpc) is 2.55. The number of hydrogen-bond acceptors (Lipinski definition) is 7. The van der Waals surface area contributed by atoms with Gasteiger partial charge in [-0.1, -0.05) is 6.92 Å². The normalized spacial score (nSPS) is 10.2. The van der Waals surface area contributed by atoms with Crippen LogP contribution in [0.15, 0.2) is 30.6 Å². The second kappa shape index (κ2) is 7.92. The van der Waals surface area contributed by atoms with E-state index in [0.717, 1.165) is 12.2 Å². The smallest absolute Gasteiger partial charge is 0.353 e. The molecule has 0 radical (unpaired) electrons. The van der Waals surface area contributed by atoms with Gasteiger partial charge in [0.15, 0.2) is 0 Å². The molecule has 0 fully saturated rings. The first kappa shape index (κ1) is 16.5. The SMILES string of the molecule is CCCNc1ncnc(Nc2ccc(OCC)cc2)c1[N+](=O)[O-]. The highest BCUT2D eigenvalue weighted by molar-refractivity contribution is 5.73. The fraction of sp³-hybridized carbons (Fsp3) is 0.333. The lowest BCUT2D eigenvalue weighted by Crippen LogP contribution is -2.08. The molecular formula is C15H19N5O3. The number of benzene rings is 1. The first-order valence-corrected chi connectivity index (χ1v) is 7.38. The van der Waals surface area contributed by atoms with Gasteiger partial charge in [-0.05, 0) is 37.6 Å². The summed E-state index contributed by atoms with van der Waals surface area (Å²) in [5, 5.41) is 17.3. The Morgan fingerprint density at radius 2 is 1.87 bits per heavy atom. The molecule has 0 spiro atoms. The Bertz CT molecular complexity index is 661. The van der Waals surface area contributed by atoms with Gasteiger partial charge >= 0.3 is 5.69 Å². The highest BCUT2D eigenvalue weighted by Gasteiger charge is 2.22. The number of nitrogens with one attached hydrogen (secondary N) is 2. The lowest BCUT2D eigenvalue weighted by Gasteiger charge is -2.10. The molecule has 0 atom stereocenters. The van der Waals surface area contributed by atoms with Gasteiger partial charge in [-0.25, -0.2) is 9.97 Å². The van der Waals surface area contributed by atoms with Crippen molar-refractivity contribution in [1.29, 1.82) is 0 Å². The first-order chi connectivity index (χ1) is 11.2. The van der Waals surface area contributed by atoms with E-state index in [2.05, 4.69) is 20.6 Å². The summed E-state index contributed by atoms with van der Waals surface area (Å²) in [6.07, 6.45) is 2.13. The summed E-state index contributed by atoms with van der Waals surface area (Å²) < 4.78 is 5.36. The van der Waals surface area contributed by atoms with Crippen LogP contribution in [0, 0.1) is 10.1 Å². The number of nitrogens with zero attached hydrogens (tertiary/aromatic N) is 3. The third-order valence-electron chi connectivity index (χ3n) is 2.98. The third-order valence-corrected chi connectivity index (χ3v) is 2.98. The minimum atomic E-state index is -0.491. The molecule has 0 bridgehead atoms. The number of ether oxygens (including phenoxy) is 1. The molecule has 122 valence electrons. The third kappa shape index (κ3) is 4.29. The second-order valence-corrected chi connectivity index (χ2v) is 4.69. The zero-order valence-corrected chi connectivity index (χ0v) is 13.1. The van der Waals surface area contributed by atoms with E-state index in [1.807, 2.05) is 13.8 Å². The Morgan fingerprint density at radius 3 is 2.48 bits per heavy atom. The summed E-state index contributed by atoms with van der Waals surface area (Å²) in [5.41, 5.74) is 0.506. The van der Waals surface area contributed by atoms with Gasteiger partial charge < -0.3 is 15.4 Å². The number of anilines is 3. The van der Waals surface area contributed by atoms with Crippen LogP contribution in [0.2, 0.25) is 0 Å². The number of aromatic nitrogens is 2. The van der Waals surface area contributed by atoms with E-state index in [-0.39, 0.29) is 17.3 Å². The molecular weight excluding hydrogens is 298 g/mol. The fourth-order valence-electron chi connectivity index (χ4n) is 1.95. The van der Waals surface area contributed by atoms with E-state index in [0.29, 0.717) is 18.8 Å². The van der Waals surface area contributed by atoms with Crippen molar-refractivity contribution in [2.75, 3.05) is 23.8 Å². The van der Waals surface area contributed by atoms with Gasteiger partial charge in [-0.15, -0.1) is 0 Å². The van der Waals surface area contributed by atoms with Crippen LogP contribution in [0.25, 0.3) is 0 Å². The van der Waals surface area contributed by atoms with Crippen LogP contribution < -0.4 is 15.4 Å². The van der Waals surface area contributed by atoms with E-state index in [4.69, 9.17) is 4.74 Å². The van der Waals surface area contributed by atoms with Crippen molar-refractivity contribution in [2.24, 2.45) is 0 Å². The molecule has 1 aromatic carbocycles. The topological polar surface area (TPSA) is 102 Å². The minimum absolute atomic E-state index is 0.146. The summed E-state index contributed by atoms with van der Waals surface area (Å²) in [4.78, 5) is 18.8. The molecule has 2 rings (SSSR count). The Labute approximate surface area is 134 Å². The van der Waals surface area contributed by atoms with Crippen LogP contribution in [0.1, 0.15) is 20.3 Å². The van der Waals surface area contributed by atoms with Gasteiger partial charge in [0.05, 0.1) is 11.5 Å². The van der Waals surface area contributed by atoms with Crippen molar-refractivity contribution in [3.8, 4) is 5.75 Å². The van der Waals surface area contributed by atoms with E-state index in [1.165, 1.54) is 6.33 Å². The van der Waals surface area contributed by atoms with Gasteiger partial charge in [0.2, 0.25) is 11.6 Å². The maximum atomic E-state index is 11.4. The average molecular weight is 317 g/mol. The van der Waals surface area contributed by atoms with Crippen LogP contribution in [0.3, 0.4) is 0 Å². The molecule has 1 heterocycles. The molecule has 0 aliphatic rings. The Balaban J connectivity index is 2.26. The van der Waals surface area contributed by atoms with Crippen molar-refractivity contribution < 1.29 is 9.66 Å². The molecule has 0 saturated carbocycles. The van der Waals surface area contributed by atoms with Crippen molar-refractivity contribution >= 4 is 23.0 Å². The van der Waals surface area contributed by atoms with Crippen LogP contribution in [0.4, 0.5) is 23.0 Å². The fourth-order valence-corrected chi connectivity index (χ4v) is 1.95. The second-order valence-electron chi connectivity index (χ2n) is 4.69. The molecule has 1 aromatic heterocycles. The Morgan fingerprint density at radius 1 is 1.17 bits per heavy atom. The van der Waals surface area contributed by atoms with Crippen molar-refractivity contribution in [1.82, 2.24) is 9.97 Å². The first-order valence-electron chi connectivity index (χ1n) is 7.38. The van der Waals surface area contributed by atoms with Crippen molar-refractivity contribution in [2.45, 2.75) is 20.3 Å². The summed E-state index contributed by atoms with van der Waals surface area (Å²) in [7, 11) is 0. The molecule has 0 saturated heterocycles.